The third kappa shape index (κ3) is 1.49. The van der Waals surface area contributed by atoms with Gasteiger partial charge in [0.2, 0.25) is 0 Å². The van der Waals surface area contributed by atoms with Crippen LogP contribution in [0.5, 0.6) is 11.5 Å². The largest absolute Gasteiger partial charge is 0.586 e. The van der Waals surface area contributed by atoms with Crippen LogP contribution in [0, 0.1) is 11.3 Å². The summed E-state index contributed by atoms with van der Waals surface area (Å²) in [5, 5.41) is 8.93. The van der Waals surface area contributed by atoms with Crippen LogP contribution >= 0.6 is 0 Å². The third-order valence-corrected chi connectivity index (χ3v) is 2.58. The SMILES string of the molecule is N#[13C]c1c[nH]c[13c]1-c1cccc2c1OC(F)(F)O2. The van der Waals surface area contributed by atoms with Crippen LogP contribution in [0.2, 0.25) is 0 Å². The summed E-state index contributed by atoms with van der Waals surface area (Å²) in [5.41, 5.74) is 1.24. The van der Waals surface area contributed by atoms with Crippen molar-refractivity contribution in [3.63, 3.8) is 0 Å². The maximum Gasteiger partial charge on any atom is 0.586 e. The van der Waals surface area contributed by atoms with Crippen molar-refractivity contribution in [2.75, 3.05) is 0 Å². The van der Waals surface area contributed by atoms with Crippen LogP contribution in [0.1, 0.15) is 5.56 Å². The maximum absolute atomic E-state index is 13.0. The van der Waals surface area contributed by atoms with Crippen molar-refractivity contribution in [2.24, 2.45) is 0 Å². The molecule has 0 radical (unpaired) electrons. The zero-order valence-corrected chi connectivity index (χ0v) is 8.91. The number of aromatic nitrogens is 1. The van der Waals surface area contributed by atoms with E-state index < -0.39 is 6.29 Å². The van der Waals surface area contributed by atoms with E-state index in [1.165, 1.54) is 12.3 Å². The molecule has 0 bridgehead atoms. The molecule has 1 aliphatic heterocycles. The van der Waals surface area contributed by atoms with Crippen molar-refractivity contribution in [3.8, 4) is 28.7 Å². The fourth-order valence-corrected chi connectivity index (χ4v) is 1.86. The van der Waals surface area contributed by atoms with E-state index in [0.29, 0.717) is 16.7 Å². The number of H-pyrrole nitrogens is 1. The summed E-state index contributed by atoms with van der Waals surface area (Å²) in [6, 6.07) is 6.51. The van der Waals surface area contributed by atoms with E-state index in [0.717, 1.165) is 0 Å². The molecule has 1 N–H and O–H groups in total. The molecule has 0 aliphatic carbocycles. The molecular weight excluding hydrogens is 244 g/mol. The predicted molar refractivity (Wildman–Crippen MR) is 57.1 cm³/mol. The molecular formula is C12H6F2N2O2. The number of nitrogens with one attached hydrogen (secondary N) is 1. The van der Waals surface area contributed by atoms with Crippen molar-refractivity contribution >= 4 is 0 Å². The smallest absolute Gasteiger partial charge is 0.395 e. The Kier molecular flexibility index (Phi) is 2.04. The Morgan fingerprint density at radius 2 is 2.00 bits per heavy atom. The Morgan fingerprint density at radius 1 is 1.17 bits per heavy atom. The molecule has 0 amide bonds. The molecule has 1 aromatic carbocycles. The van der Waals surface area contributed by atoms with Gasteiger partial charge in [0, 0.05) is 23.5 Å². The second kappa shape index (κ2) is 3.47. The molecule has 6 heteroatoms. The van der Waals surface area contributed by atoms with Gasteiger partial charge in [-0.2, -0.15) is 5.26 Å². The van der Waals surface area contributed by atoms with Crippen LogP contribution < -0.4 is 9.47 Å². The van der Waals surface area contributed by atoms with E-state index in [2.05, 4.69) is 14.5 Å². The van der Waals surface area contributed by atoms with Crippen LogP contribution in [0.15, 0.2) is 30.6 Å². The monoisotopic (exact) mass is 250 g/mol. The number of ether oxygens (including phenoxy) is 2. The quantitative estimate of drug-likeness (QED) is 0.791. The minimum Gasteiger partial charge on any atom is -0.395 e. The van der Waals surface area contributed by atoms with Gasteiger partial charge in [-0.3, -0.25) is 0 Å². The summed E-state index contributed by atoms with van der Waals surface area (Å²) in [7, 11) is 0. The minimum atomic E-state index is -3.67. The Hall–Kier alpha value is -2.55. The number of rotatable bonds is 1. The van der Waals surface area contributed by atoms with Crippen molar-refractivity contribution in [1.29, 1.82) is 5.26 Å². The number of para-hydroxylation sites is 1. The van der Waals surface area contributed by atoms with E-state index in [4.69, 9.17) is 5.26 Å². The van der Waals surface area contributed by atoms with Gasteiger partial charge in [-0.25, -0.2) is 0 Å². The molecule has 90 valence electrons. The Labute approximate surface area is 100 Å². The Balaban J connectivity index is 2.17. The molecule has 2 aromatic rings. The maximum atomic E-state index is 13.0. The summed E-state index contributed by atoms with van der Waals surface area (Å²) >= 11 is 0. The number of fused-ring (bicyclic) bond motifs is 1. The van der Waals surface area contributed by atoms with Crippen molar-refractivity contribution in [2.45, 2.75) is 6.29 Å². The number of hydrogen-bond acceptors (Lipinski definition) is 3. The molecule has 1 aliphatic rings. The summed E-state index contributed by atoms with van der Waals surface area (Å²) in [5.74, 6) is -0.0961. The first-order chi connectivity index (χ1) is 8.61. The van der Waals surface area contributed by atoms with E-state index in [1.807, 2.05) is 6.07 Å². The zero-order chi connectivity index (χ0) is 12.8. The molecule has 1 aromatic heterocycles. The molecule has 4 nitrogen and oxygen atoms in total. The van der Waals surface area contributed by atoms with E-state index in [1.54, 1.807) is 18.3 Å². The molecule has 2 heterocycles. The molecule has 0 saturated heterocycles. The molecule has 3 rings (SSSR count). The van der Waals surface area contributed by atoms with Crippen molar-refractivity contribution in [3.05, 3.63) is 36.2 Å². The van der Waals surface area contributed by atoms with Gasteiger partial charge >= 0.3 is 6.29 Å². The first-order valence-corrected chi connectivity index (χ1v) is 5.07. The Morgan fingerprint density at radius 3 is 2.78 bits per heavy atom. The number of aromatic amines is 1. The molecule has 0 unspecified atom stereocenters. The molecule has 0 saturated carbocycles. The van der Waals surface area contributed by atoms with Gasteiger partial charge in [0.25, 0.3) is 0 Å². The van der Waals surface area contributed by atoms with Gasteiger partial charge in [0.15, 0.2) is 11.5 Å². The predicted octanol–water partition coefficient (Wildman–Crippen LogP) is 2.87. The van der Waals surface area contributed by atoms with Gasteiger partial charge in [-0.15, -0.1) is 8.78 Å². The zero-order valence-electron chi connectivity index (χ0n) is 8.91. The molecule has 0 spiro atoms. The van der Waals surface area contributed by atoms with E-state index >= 15 is 0 Å². The van der Waals surface area contributed by atoms with Crippen molar-refractivity contribution in [1.82, 2.24) is 4.98 Å². The second-order valence-corrected chi connectivity index (χ2v) is 3.69. The van der Waals surface area contributed by atoms with Crippen LogP contribution in [-0.4, -0.2) is 11.3 Å². The van der Waals surface area contributed by atoms with E-state index in [-0.39, 0.29) is 11.5 Å². The summed E-state index contributed by atoms with van der Waals surface area (Å²) in [4.78, 5) is 2.75. The fraction of sp³-hybridized carbons (Fsp3) is 0.0833. The van der Waals surface area contributed by atoms with Gasteiger partial charge in [0.05, 0.1) is 5.56 Å². The van der Waals surface area contributed by atoms with Crippen LogP contribution in [0.3, 0.4) is 0 Å². The van der Waals surface area contributed by atoms with Crippen molar-refractivity contribution < 1.29 is 18.3 Å². The average molecular weight is 250 g/mol. The lowest BCUT2D eigenvalue weighted by Gasteiger charge is -2.06. The number of halogens is 2. The molecule has 0 atom stereocenters. The standard InChI is InChI=1S/C12H6F2N2O2/c13-12(14)17-10-3-1-2-8(11(10)18-12)9-6-16-5-7(9)4-15/h1-3,5-6,16H/i4+1,9+1. The number of hydrogen-bond donors (Lipinski definition) is 1. The van der Waals surface area contributed by atoms with E-state index in [9.17, 15) is 8.78 Å². The first kappa shape index (κ1) is 10.6. The highest BCUT2D eigenvalue weighted by molar-refractivity contribution is 5.78. The lowest BCUT2D eigenvalue weighted by atomic mass is 10.2. The minimum absolute atomic E-state index is 0.0393. The number of nitriles is 1. The first-order valence-electron chi connectivity index (χ1n) is 5.07. The molecule has 0 fully saturated rings. The number of nitrogens with zero attached hydrogens (tertiary/aromatic N) is 1. The highest BCUT2D eigenvalue weighted by Gasteiger charge is 2.44. The topological polar surface area (TPSA) is 58.0 Å². The van der Waals surface area contributed by atoms with Gasteiger partial charge in [-0.1, -0.05) is 12.1 Å². The van der Waals surface area contributed by atoms with Crippen LogP contribution in [-0.2, 0) is 0 Å². The number of benzene rings is 1. The van der Waals surface area contributed by atoms with Crippen LogP contribution in [0.4, 0.5) is 8.78 Å². The Bertz CT molecular complexity index is 658. The average Bonchev–Trinajstić information content (AvgIpc) is 2.89. The third-order valence-electron chi connectivity index (χ3n) is 2.58. The van der Waals surface area contributed by atoms with Gasteiger partial charge in [-0.05, 0) is 6.07 Å². The lowest BCUT2D eigenvalue weighted by Crippen LogP contribution is -2.26. The lowest BCUT2D eigenvalue weighted by molar-refractivity contribution is -0.286. The second-order valence-electron chi connectivity index (χ2n) is 3.69. The molecule has 18 heavy (non-hydrogen) atoms. The van der Waals surface area contributed by atoms with Gasteiger partial charge < -0.3 is 14.5 Å². The highest BCUT2D eigenvalue weighted by Crippen LogP contribution is 2.47. The normalized spacial score (nSPS) is 15.4. The summed E-state index contributed by atoms with van der Waals surface area (Å²) < 4.78 is 34.9. The number of alkyl halides is 2. The fourth-order valence-electron chi connectivity index (χ4n) is 1.86. The summed E-state index contributed by atoms with van der Waals surface area (Å²) in [6.07, 6.45) is -0.627. The van der Waals surface area contributed by atoms with Gasteiger partial charge in [0.1, 0.15) is 6.07 Å². The highest BCUT2D eigenvalue weighted by atomic mass is 19.3. The summed E-state index contributed by atoms with van der Waals surface area (Å²) in [6.45, 7) is 0. The van der Waals surface area contributed by atoms with Crippen LogP contribution in [0.25, 0.3) is 11.1 Å².